The molecule has 0 aromatic carbocycles. The molecule has 3 aliphatic heterocycles. The fourth-order valence-electron chi connectivity index (χ4n) is 2.72. The van der Waals surface area contributed by atoms with Crippen molar-refractivity contribution in [3.05, 3.63) is 0 Å². The fourth-order valence-corrected chi connectivity index (χ4v) is 2.72. The van der Waals surface area contributed by atoms with Crippen LogP contribution in [0.5, 0.6) is 0 Å². The molecule has 0 amide bonds. The summed E-state index contributed by atoms with van der Waals surface area (Å²) in [6.07, 6.45) is 2.32. The van der Waals surface area contributed by atoms with E-state index >= 15 is 0 Å². The molecule has 0 radical (unpaired) electrons. The first-order valence-corrected chi connectivity index (χ1v) is 5.25. The van der Waals surface area contributed by atoms with Gasteiger partial charge in [-0.15, -0.1) is 0 Å². The van der Waals surface area contributed by atoms with Crippen molar-refractivity contribution in [1.82, 2.24) is 9.80 Å². The maximum Gasteiger partial charge on any atom is 0.0736 e. The summed E-state index contributed by atoms with van der Waals surface area (Å²) in [5, 5.41) is 10.0. The number of aliphatic hydroxyl groups excluding tert-OH is 1. The van der Waals surface area contributed by atoms with Crippen molar-refractivity contribution in [3.63, 3.8) is 0 Å². The minimum atomic E-state index is -0.0788. The zero-order valence-corrected chi connectivity index (χ0v) is 8.61. The molecule has 0 unspecified atom stereocenters. The Bertz CT molecular complexity index is 174. The van der Waals surface area contributed by atoms with Gasteiger partial charge in [-0.1, -0.05) is 0 Å². The summed E-state index contributed by atoms with van der Waals surface area (Å²) in [6.45, 7) is 3.39. The smallest absolute Gasteiger partial charge is 0.0736 e. The first-order valence-electron chi connectivity index (χ1n) is 5.25. The highest BCUT2D eigenvalue weighted by Gasteiger charge is 2.40. The molecule has 0 spiro atoms. The largest absolute Gasteiger partial charge is 0.391 e. The number of rotatable bonds is 2. The van der Waals surface area contributed by atoms with E-state index < -0.39 is 0 Å². The summed E-state index contributed by atoms with van der Waals surface area (Å²) in [5.74, 6) is 0.579. The molecule has 0 aromatic heterocycles. The molecular formula is C10H20N2O. The van der Waals surface area contributed by atoms with Crippen LogP contribution in [0.1, 0.15) is 12.8 Å². The van der Waals surface area contributed by atoms with Crippen LogP contribution in [0.25, 0.3) is 0 Å². The van der Waals surface area contributed by atoms with Gasteiger partial charge in [0.2, 0.25) is 0 Å². The highest BCUT2D eigenvalue weighted by Crippen LogP contribution is 2.32. The summed E-state index contributed by atoms with van der Waals surface area (Å²) in [6, 6.07) is 0.391. The van der Waals surface area contributed by atoms with Gasteiger partial charge in [0.15, 0.2) is 0 Å². The van der Waals surface area contributed by atoms with Gasteiger partial charge in [-0.25, -0.2) is 0 Å². The highest BCUT2D eigenvalue weighted by atomic mass is 16.3. The molecule has 3 rings (SSSR count). The molecule has 3 heterocycles. The van der Waals surface area contributed by atoms with E-state index in [4.69, 9.17) is 0 Å². The zero-order chi connectivity index (χ0) is 9.42. The lowest BCUT2D eigenvalue weighted by Gasteiger charge is -2.49. The molecule has 0 aliphatic carbocycles. The van der Waals surface area contributed by atoms with Crippen LogP contribution in [0.15, 0.2) is 0 Å². The fraction of sp³-hybridized carbons (Fsp3) is 1.00. The maximum absolute atomic E-state index is 10.0. The lowest BCUT2D eigenvalue weighted by atomic mass is 9.80. The van der Waals surface area contributed by atoms with Crippen molar-refractivity contribution in [1.29, 1.82) is 0 Å². The molecule has 3 heteroatoms. The van der Waals surface area contributed by atoms with Gasteiger partial charge in [-0.3, -0.25) is 4.90 Å². The van der Waals surface area contributed by atoms with Gasteiger partial charge in [0.1, 0.15) is 0 Å². The molecule has 2 bridgehead atoms. The molecule has 1 N–H and O–H groups in total. The Kier molecular flexibility index (Phi) is 2.58. The molecule has 2 atom stereocenters. The van der Waals surface area contributed by atoms with Gasteiger partial charge in [0.05, 0.1) is 6.10 Å². The Hall–Kier alpha value is -0.120. The van der Waals surface area contributed by atoms with E-state index in [0.717, 1.165) is 6.54 Å². The third-order valence-electron chi connectivity index (χ3n) is 3.47. The summed E-state index contributed by atoms with van der Waals surface area (Å²) in [5.41, 5.74) is 0. The Morgan fingerprint density at radius 2 is 1.92 bits per heavy atom. The summed E-state index contributed by atoms with van der Waals surface area (Å²) >= 11 is 0. The standard InChI is InChI=1S/C10H20N2O/c1-11(2)7-9-10(13)8-3-5-12(9)6-4-8/h8-10,13H,3-7H2,1-2H3/t9-,10-/m0/s1. The summed E-state index contributed by atoms with van der Waals surface area (Å²) < 4.78 is 0. The Morgan fingerprint density at radius 3 is 2.38 bits per heavy atom. The van der Waals surface area contributed by atoms with Crippen LogP contribution < -0.4 is 0 Å². The predicted molar refractivity (Wildman–Crippen MR) is 52.6 cm³/mol. The van der Waals surface area contributed by atoms with Gasteiger partial charge >= 0.3 is 0 Å². The van der Waals surface area contributed by atoms with E-state index in [1.165, 1.54) is 25.9 Å². The number of hydrogen-bond acceptors (Lipinski definition) is 3. The highest BCUT2D eigenvalue weighted by molar-refractivity contribution is 4.95. The van der Waals surface area contributed by atoms with Crippen molar-refractivity contribution in [3.8, 4) is 0 Å². The summed E-state index contributed by atoms with van der Waals surface area (Å²) in [7, 11) is 4.16. The lowest BCUT2D eigenvalue weighted by molar-refractivity contribution is -0.0782. The van der Waals surface area contributed by atoms with Gasteiger partial charge in [0.25, 0.3) is 0 Å². The molecule has 3 fully saturated rings. The van der Waals surface area contributed by atoms with E-state index in [1.54, 1.807) is 0 Å². The lowest BCUT2D eigenvalue weighted by Crippen LogP contribution is -2.60. The van der Waals surface area contributed by atoms with Crippen LogP contribution in [0.3, 0.4) is 0 Å². The van der Waals surface area contributed by atoms with Crippen molar-refractivity contribution >= 4 is 0 Å². The average Bonchev–Trinajstić information content (AvgIpc) is 2.11. The van der Waals surface area contributed by atoms with Gasteiger partial charge < -0.3 is 10.0 Å². The number of likely N-dealkylation sites (N-methyl/N-ethyl adjacent to an activating group) is 1. The number of fused-ring (bicyclic) bond motifs is 3. The van der Waals surface area contributed by atoms with Gasteiger partial charge in [-0.05, 0) is 45.9 Å². The monoisotopic (exact) mass is 184 g/mol. The molecular weight excluding hydrogens is 164 g/mol. The molecule has 0 saturated carbocycles. The molecule has 0 aromatic rings. The van der Waals surface area contributed by atoms with Crippen LogP contribution in [0, 0.1) is 5.92 Å². The maximum atomic E-state index is 10.0. The number of aliphatic hydroxyl groups is 1. The second-order valence-electron chi connectivity index (χ2n) is 4.69. The minimum absolute atomic E-state index is 0.0788. The quantitative estimate of drug-likeness (QED) is 0.654. The zero-order valence-electron chi connectivity index (χ0n) is 8.61. The van der Waals surface area contributed by atoms with Crippen LogP contribution in [-0.4, -0.2) is 60.8 Å². The molecule has 3 saturated heterocycles. The van der Waals surface area contributed by atoms with E-state index in [-0.39, 0.29) is 6.10 Å². The predicted octanol–water partition coefficient (Wildman–Crippen LogP) is 0.00310. The third-order valence-corrected chi connectivity index (χ3v) is 3.47. The van der Waals surface area contributed by atoms with Crippen LogP contribution in [0.2, 0.25) is 0 Å². The van der Waals surface area contributed by atoms with Crippen molar-refractivity contribution in [2.24, 2.45) is 5.92 Å². The minimum Gasteiger partial charge on any atom is -0.391 e. The number of hydrogen-bond donors (Lipinski definition) is 1. The SMILES string of the molecule is CN(C)C[C@H]1[C@@H](O)C2CCN1CC2. The van der Waals surface area contributed by atoms with Crippen molar-refractivity contribution in [2.75, 3.05) is 33.7 Å². The van der Waals surface area contributed by atoms with Crippen molar-refractivity contribution in [2.45, 2.75) is 25.0 Å². The first-order chi connectivity index (χ1) is 6.18. The van der Waals surface area contributed by atoms with E-state index in [0.29, 0.717) is 12.0 Å². The second-order valence-corrected chi connectivity index (χ2v) is 4.69. The molecule has 3 aliphatic rings. The van der Waals surface area contributed by atoms with Crippen LogP contribution >= 0.6 is 0 Å². The van der Waals surface area contributed by atoms with Gasteiger partial charge in [0, 0.05) is 12.6 Å². The Labute approximate surface area is 80.3 Å². The number of piperidine rings is 3. The molecule has 76 valence electrons. The second kappa shape index (κ2) is 3.56. The Balaban J connectivity index is 2.01. The average molecular weight is 184 g/mol. The topological polar surface area (TPSA) is 26.7 Å². The normalized spacial score (nSPS) is 44.3. The Morgan fingerprint density at radius 1 is 1.31 bits per heavy atom. The van der Waals surface area contributed by atoms with Crippen LogP contribution in [0.4, 0.5) is 0 Å². The third kappa shape index (κ3) is 1.73. The summed E-state index contributed by atoms with van der Waals surface area (Å²) in [4.78, 5) is 4.62. The van der Waals surface area contributed by atoms with Gasteiger partial charge in [-0.2, -0.15) is 0 Å². The first kappa shape index (κ1) is 9.44. The number of nitrogens with zero attached hydrogens (tertiary/aromatic N) is 2. The van der Waals surface area contributed by atoms with Crippen molar-refractivity contribution < 1.29 is 5.11 Å². The van der Waals surface area contributed by atoms with E-state index in [1.807, 2.05) is 0 Å². The molecule has 3 nitrogen and oxygen atoms in total. The van der Waals surface area contributed by atoms with E-state index in [9.17, 15) is 5.11 Å². The molecule has 13 heavy (non-hydrogen) atoms. The van der Waals surface area contributed by atoms with Crippen LogP contribution in [-0.2, 0) is 0 Å². The van der Waals surface area contributed by atoms with E-state index in [2.05, 4.69) is 23.9 Å².